The molecule has 1 aliphatic heterocycles. The van der Waals surface area contributed by atoms with E-state index in [1.165, 1.54) is 0 Å². The van der Waals surface area contributed by atoms with Crippen LogP contribution in [0.25, 0.3) is 22.6 Å². The summed E-state index contributed by atoms with van der Waals surface area (Å²) in [6, 6.07) is 19.8. The van der Waals surface area contributed by atoms with Gasteiger partial charge in [-0.2, -0.15) is 10.1 Å². The SMILES string of the molecule is Cc1ccccc1-c1noc(CC2CCCN(C(=O)c3cc(-c4ccccc4)nn3C)C2)n1. The summed E-state index contributed by atoms with van der Waals surface area (Å²) in [5.74, 6) is 1.55. The van der Waals surface area contributed by atoms with E-state index in [9.17, 15) is 4.79 Å². The second-order valence-corrected chi connectivity index (χ2v) is 8.69. The molecule has 0 radical (unpaired) electrons. The first-order valence-electron chi connectivity index (χ1n) is 11.4. The lowest BCUT2D eigenvalue weighted by Gasteiger charge is -2.32. The Bertz CT molecular complexity index is 1260. The second kappa shape index (κ2) is 9.02. The molecular formula is C26H27N5O2. The number of hydrogen-bond acceptors (Lipinski definition) is 5. The van der Waals surface area contributed by atoms with Crippen molar-refractivity contribution < 1.29 is 9.32 Å². The maximum Gasteiger partial charge on any atom is 0.272 e. The average Bonchev–Trinajstić information content (AvgIpc) is 3.46. The van der Waals surface area contributed by atoms with Gasteiger partial charge in [-0.05, 0) is 37.3 Å². The summed E-state index contributed by atoms with van der Waals surface area (Å²) in [5.41, 5.74) is 4.52. The van der Waals surface area contributed by atoms with Crippen LogP contribution in [0.2, 0.25) is 0 Å². The smallest absolute Gasteiger partial charge is 0.272 e. The molecule has 0 N–H and O–H groups in total. The van der Waals surface area contributed by atoms with Crippen LogP contribution >= 0.6 is 0 Å². The van der Waals surface area contributed by atoms with E-state index in [4.69, 9.17) is 4.52 Å². The topological polar surface area (TPSA) is 77.0 Å². The van der Waals surface area contributed by atoms with Crippen LogP contribution in [-0.4, -0.2) is 43.8 Å². The highest BCUT2D eigenvalue weighted by atomic mass is 16.5. The van der Waals surface area contributed by atoms with E-state index in [0.717, 1.165) is 41.8 Å². The number of benzene rings is 2. The van der Waals surface area contributed by atoms with Crippen molar-refractivity contribution in [2.45, 2.75) is 26.2 Å². The third kappa shape index (κ3) is 4.44. The van der Waals surface area contributed by atoms with E-state index in [1.807, 2.05) is 79.5 Å². The molecule has 2 aromatic carbocycles. The number of carbonyl (C=O) groups excluding carboxylic acids is 1. The highest BCUT2D eigenvalue weighted by Gasteiger charge is 2.28. The Morgan fingerprint density at radius 1 is 1.12 bits per heavy atom. The fourth-order valence-electron chi connectivity index (χ4n) is 4.51. The Balaban J connectivity index is 1.27. The molecule has 1 aliphatic rings. The van der Waals surface area contributed by atoms with Crippen molar-refractivity contribution in [3.63, 3.8) is 0 Å². The van der Waals surface area contributed by atoms with Crippen molar-refractivity contribution in [3.8, 4) is 22.6 Å². The van der Waals surface area contributed by atoms with Crippen LogP contribution < -0.4 is 0 Å². The molecule has 7 nitrogen and oxygen atoms in total. The Kier molecular flexibility index (Phi) is 5.77. The van der Waals surface area contributed by atoms with Gasteiger partial charge in [0, 0.05) is 37.7 Å². The van der Waals surface area contributed by atoms with Crippen molar-refractivity contribution in [2.24, 2.45) is 13.0 Å². The molecule has 1 atom stereocenters. The number of rotatable bonds is 5. The molecule has 33 heavy (non-hydrogen) atoms. The predicted molar refractivity (Wildman–Crippen MR) is 125 cm³/mol. The third-order valence-electron chi connectivity index (χ3n) is 6.29. The Hall–Kier alpha value is -3.74. The molecule has 3 heterocycles. The number of nitrogens with zero attached hydrogens (tertiary/aromatic N) is 5. The Morgan fingerprint density at radius 3 is 2.73 bits per heavy atom. The molecule has 1 saturated heterocycles. The summed E-state index contributed by atoms with van der Waals surface area (Å²) in [6.07, 6.45) is 2.66. The minimum Gasteiger partial charge on any atom is -0.339 e. The number of aryl methyl sites for hydroxylation is 2. The van der Waals surface area contributed by atoms with Crippen LogP contribution in [-0.2, 0) is 13.5 Å². The molecule has 1 amide bonds. The quantitative estimate of drug-likeness (QED) is 0.454. The minimum absolute atomic E-state index is 0.0167. The third-order valence-corrected chi connectivity index (χ3v) is 6.29. The molecular weight excluding hydrogens is 414 g/mol. The van der Waals surface area contributed by atoms with Crippen LogP contribution in [0.3, 0.4) is 0 Å². The van der Waals surface area contributed by atoms with E-state index in [-0.39, 0.29) is 11.8 Å². The zero-order chi connectivity index (χ0) is 22.8. The van der Waals surface area contributed by atoms with Gasteiger partial charge in [-0.15, -0.1) is 0 Å². The standard InChI is InChI=1S/C26H27N5O2/c1-18-9-6-7-13-21(18)25-27-24(33-29-25)15-19-10-8-14-31(17-19)26(32)23-16-22(28-30(23)2)20-11-4-3-5-12-20/h3-7,9,11-13,16,19H,8,10,14-15,17H2,1-2H3. The molecule has 1 fully saturated rings. The van der Waals surface area contributed by atoms with E-state index in [2.05, 4.69) is 15.2 Å². The van der Waals surface area contributed by atoms with E-state index in [1.54, 1.807) is 4.68 Å². The molecule has 0 saturated carbocycles. The van der Waals surface area contributed by atoms with Crippen LogP contribution in [0.15, 0.2) is 65.2 Å². The first-order valence-corrected chi connectivity index (χ1v) is 11.4. The summed E-state index contributed by atoms with van der Waals surface area (Å²) in [5, 5.41) is 8.74. The van der Waals surface area contributed by atoms with Gasteiger partial charge in [0.1, 0.15) is 5.69 Å². The van der Waals surface area contributed by atoms with Crippen molar-refractivity contribution >= 4 is 5.91 Å². The molecule has 0 aliphatic carbocycles. The maximum atomic E-state index is 13.3. The maximum absolute atomic E-state index is 13.3. The lowest BCUT2D eigenvalue weighted by Crippen LogP contribution is -2.41. The van der Waals surface area contributed by atoms with Crippen LogP contribution in [0.5, 0.6) is 0 Å². The average molecular weight is 442 g/mol. The van der Waals surface area contributed by atoms with Gasteiger partial charge in [0.15, 0.2) is 0 Å². The first-order chi connectivity index (χ1) is 16.1. The van der Waals surface area contributed by atoms with E-state index >= 15 is 0 Å². The lowest BCUT2D eigenvalue weighted by atomic mass is 9.94. The molecule has 0 bridgehead atoms. The van der Waals surface area contributed by atoms with Crippen LogP contribution in [0.1, 0.15) is 34.8 Å². The van der Waals surface area contributed by atoms with Crippen molar-refractivity contribution in [3.05, 3.63) is 77.8 Å². The summed E-state index contributed by atoms with van der Waals surface area (Å²) in [6.45, 7) is 3.46. The normalized spacial score (nSPS) is 16.2. The highest BCUT2D eigenvalue weighted by Crippen LogP contribution is 2.25. The summed E-state index contributed by atoms with van der Waals surface area (Å²) in [7, 11) is 1.83. The van der Waals surface area contributed by atoms with E-state index < -0.39 is 0 Å². The summed E-state index contributed by atoms with van der Waals surface area (Å²) in [4.78, 5) is 19.9. The highest BCUT2D eigenvalue weighted by molar-refractivity contribution is 5.93. The molecule has 168 valence electrons. The van der Waals surface area contributed by atoms with Gasteiger partial charge < -0.3 is 9.42 Å². The van der Waals surface area contributed by atoms with Gasteiger partial charge in [0.05, 0.1) is 5.69 Å². The number of amides is 1. The monoisotopic (exact) mass is 441 g/mol. The fraction of sp³-hybridized carbons (Fsp3) is 0.308. The molecule has 4 aromatic rings. The van der Waals surface area contributed by atoms with Gasteiger partial charge in [-0.3, -0.25) is 9.48 Å². The zero-order valence-corrected chi connectivity index (χ0v) is 18.9. The number of piperidine rings is 1. The Morgan fingerprint density at radius 2 is 1.91 bits per heavy atom. The molecule has 7 heteroatoms. The summed E-state index contributed by atoms with van der Waals surface area (Å²) < 4.78 is 7.23. The molecule has 1 unspecified atom stereocenters. The number of carbonyl (C=O) groups is 1. The first kappa shape index (κ1) is 21.1. The molecule has 2 aromatic heterocycles. The van der Waals surface area contributed by atoms with Crippen LogP contribution in [0.4, 0.5) is 0 Å². The number of aromatic nitrogens is 4. The predicted octanol–water partition coefficient (Wildman–Crippen LogP) is 4.54. The van der Waals surface area contributed by atoms with Crippen molar-refractivity contribution in [1.29, 1.82) is 0 Å². The van der Waals surface area contributed by atoms with Crippen molar-refractivity contribution in [2.75, 3.05) is 13.1 Å². The molecule has 5 rings (SSSR count). The Labute approximate surface area is 193 Å². The molecule has 0 spiro atoms. The van der Waals surface area contributed by atoms with Gasteiger partial charge >= 0.3 is 0 Å². The van der Waals surface area contributed by atoms with Crippen LogP contribution in [0, 0.1) is 12.8 Å². The zero-order valence-electron chi connectivity index (χ0n) is 18.9. The fourth-order valence-corrected chi connectivity index (χ4v) is 4.51. The van der Waals surface area contributed by atoms with Crippen molar-refractivity contribution in [1.82, 2.24) is 24.8 Å². The summed E-state index contributed by atoms with van der Waals surface area (Å²) >= 11 is 0. The largest absolute Gasteiger partial charge is 0.339 e. The minimum atomic E-state index is 0.0167. The van der Waals surface area contributed by atoms with Gasteiger partial charge in [-0.1, -0.05) is 59.8 Å². The second-order valence-electron chi connectivity index (χ2n) is 8.69. The number of hydrogen-bond donors (Lipinski definition) is 0. The van der Waals surface area contributed by atoms with Gasteiger partial charge in [-0.25, -0.2) is 0 Å². The van der Waals surface area contributed by atoms with E-state index in [0.29, 0.717) is 30.4 Å². The van der Waals surface area contributed by atoms with Gasteiger partial charge in [0.2, 0.25) is 11.7 Å². The number of likely N-dealkylation sites (tertiary alicyclic amines) is 1. The lowest BCUT2D eigenvalue weighted by molar-refractivity contribution is 0.0657. The van der Waals surface area contributed by atoms with Gasteiger partial charge in [0.25, 0.3) is 5.91 Å².